The Kier molecular flexibility index (Phi) is 4.25. The lowest BCUT2D eigenvalue weighted by atomic mass is 10.3. The van der Waals surface area contributed by atoms with Crippen molar-refractivity contribution in [2.24, 2.45) is 7.05 Å². The van der Waals surface area contributed by atoms with Crippen molar-refractivity contribution in [2.45, 2.75) is 26.2 Å². The fourth-order valence-electron chi connectivity index (χ4n) is 1.95. The van der Waals surface area contributed by atoms with E-state index in [1.165, 1.54) is 11.8 Å². The molecule has 120 valence electrons. The molecule has 0 spiro atoms. The van der Waals surface area contributed by atoms with Gasteiger partial charge in [-0.1, -0.05) is 0 Å². The summed E-state index contributed by atoms with van der Waals surface area (Å²) in [4.78, 5) is 13.5. The summed E-state index contributed by atoms with van der Waals surface area (Å²) in [5, 5.41) is 7.44. The van der Waals surface area contributed by atoms with Crippen molar-refractivity contribution in [3.8, 4) is 0 Å². The van der Waals surface area contributed by atoms with Gasteiger partial charge in [0.05, 0.1) is 12.2 Å². The lowest BCUT2D eigenvalue weighted by molar-refractivity contribution is -0.142. The van der Waals surface area contributed by atoms with Gasteiger partial charge >= 0.3 is 6.18 Å². The Hall–Kier alpha value is -2.32. The Morgan fingerprint density at radius 2 is 2.09 bits per heavy atom. The maximum Gasteiger partial charge on any atom is 0.435 e. The van der Waals surface area contributed by atoms with Crippen LogP contribution >= 0.6 is 0 Å². The summed E-state index contributed by atoms with van der Waals surface area (Å²) in [7, 11) is 3.33. The maximum absolute atomic E-state index is 12.6. The van der Waals surface area contributed by atoms with Crippen molar-refractivity contribution in [3.63, 3.8) is 0 Å². The van der Waals surface area contributed by atoms with Crippen LogP contribution in [0, 0.1) is 6.92 Å². The van der Waals surface area contributed by atoms with E-state index in [9.17, 15) is 18.0 Å². The van der Waals surface area contributed by atoms with E-state index in [1.54, 1.807) is 31.0 Å². The zero-order chi connectivity index (χ0) is 16.5. The number of halogens is 3. The molecule has 0 aliphatic heterocycles. The molecule has 2 heterocycles. The minimum atomic E-state index is -4.51. The summed E-state index contributed by atoms with van der Waals surface area (Å²) in [5.74, 6) is -0.332. The average Bonchev–Trinajstić information content (AvgIpc) is 2.97. The number of aromatic nitrogens is 4. The molecule has 9 heteroatoms. The Morgan fingerprint density at radius 1 is 1.41 bits per heavy atom. The highest BCUT2D eigenvalue weighted by atomic mass is 19.4. The number of carbonyl (C=O) groups excluding carboxylic acids is 1. The largest absolute Gasteiger partial charge is 0.435 e. The molecule has 0 unspecified atom stereocenters. The second-order valence-electron chi connectivity index (χ2n) is 5.02. The van der Waals surface area contributed by atoms with Gasteiger partial charge in [0.15, 0.2) is 5.69 Å². The summed E-state index contributed by atoms with van der Waals surface area (Å²) in [6, 6.07) is 2.69. The van der Waals surface area contributed by atoms with Crippen LogP contribution in [0.25, 0.3) is 0 Å². The smallest absolute Gasteiger partial charge is 0.338 e. The summed E-state index contributed by atoms with van der Waals surface area (Å²) in [5.41, 5.74) is 0.116. The highest BCUT2D eigenvalue weighted by Crippen LogP contribution is 2.28. The predicted molar refractivity (Wildman–Crippen MR) is 71.6 cm³/mol. The molecule has 2 aromatic heterocycles. The van der Waals surface area contributed by atoms with Gasteiger partial charge in [-0.05, 0) is 19.1 Å². The molecule has 0 aliphatic carbocycles. The van der Waals surface area contributed by atoms with Gasteiger partial charge in [-0.3, -0.25) is 14.2 Å². The third-order valence-corrected chi connectivity index (χ3v) is 3.30. The lowest BCUT2D eigenvalue weighted by Crippen LogP contribution is -2.31. The zero-order valence-corrected chi connectivity index (χ0v) is 12.4. The summed E-state index contributed by atoms with van der Waals surface area (Å²) in [6.07, 6.45) is -2.90. The number of amides is 1. The molecule has 6 nitrogen and oxygen atoms in total. The number of alkyl halides is 3. The van der Waals surface area contributed by atoms with E-state index in [1.807, 2.05) is 0 Å². The van der Waals surface area contributed by atoms with Crippen molar-refractivity contribution >= 4 is 5.91 Å². The highest BCUT2D eigenvalue weighted by Gasteiger charge is 2.34. The van der Waals surface area contributed by atoms with Crippen molar-refractivity contribution in [1.82, 2.24) is 24.5 Å². The molecule has 0 radical (unpaired) electrons. The van der Waals surface area contributed by atoms with Gasteiger partial charge in [0, 0.05) is 26.0 Å². The molecule has 0 atom stereocenters. The van der Waals surface area contributed by atoms with E-state index in [0.29, 0.717) is 6.54 Å². The molecule has 2 aromatic rings. The number of hydrogen-bond acceptors (Lipinski definition) is 3. The fourth-order valence-corrected chi connectivity index (χ4v) is 1.95. The van der Waals surface area contributed by atoms with E-state index in [-0.39, 0.29) is 18.1 Å². The van der Waals surface area contributed by atoms with Gasteiger partial charge in [0.25, 0.3) is 0 Å². The van der Waals surface area contributed by atoms with Gasteiger partial charge in [-0.2, -0.15) is 23.4 Å². The number of nitrogens with zero attached hydrogens (tertiary/aromatic N) is 5. The molecular weight excluding hydrogens is 299 g/mol. The molecule has 0 fully saturated rings. The number of carbonyl (C=O) groups is 1. The monoisotopic (exact) mass is 315 g/mol. The number of likely N-dealkylation sites (N-methyl/N-ethyl adjacent to an activating group) is 1. The molecular formula is C13H16F3N5O. The van der Waals surface area contributed by atoms with E-state index >= 15 is 0 Å². The fraction of sp³-hybridized carbons (Fsp3) is 0.462. The minimum Gasteiger partial charge on any atom is -0.338 e. The van der Waals surface area contributed by atoms with Gasteiger partial charge < -0.3 is 4.90 Å². The minimum absolute atomic E-state index is 0.240. The quantitative estimate of drug-likeness (QED) is 0.861. The summed E-state index contributed by atoms with van der Waals surface area (Å²) >= 11 is 0. The first-order chi connectivity index (χ1) is 10.2. The van der Waals surface area contributed by atoms with Gasteiger partial charge in [0.2, 0.25) is 5.91 Å². The third kappa shape index (κ3) is 3.46. The van der Waals surface area contributed by atoms with Crippen molar-refractivity contribution in [3.05, 3.63) is 35.4 Å². The van der Waals surface area contributed by atoms with Crippen LogP contribution in [0.15, 0.2) is 18.3 Å². The molecule has 0 N–H and O–H groups in total. The molecule has 22 heavy (non-hydrogen) atoms. The van der Waals surface area contributed by atoms with Gasteiger partial charge in [-0.25, -0.2) is 0 Å². The first-order valence-corrected chi connectivity index (χ1v) is 6.51. The van der Waals surface area contributed by atoms with E-state index in [0.717, 1.165) is 16.4 Å². The Balaban J connectivity index is 2.05. The predicted octanol–water partition coefficient (Wildman–Crippen LogP) is 1.60. The molecule has 0 bridgehead atoms. The average molecular weight is 315 g/mol. The van der Waals surface area contributed by atoms with Crippen LogP contribution in [0.5, 0.6) is 0 Å². The second-order valence-corrected chi connectivity index (χ2v) is 5.02. The van der Waals surface area contributed by atoms with E-state index in [4.69, 9.17) is 0 Å². The molecule has 0 aromatic carbocycles. The van der Waals surface area contributed by atoms with E-state index < -0.39 is 11.9 Å². The number of rotatable bonds is 4. The number of hydrogen-bond donors (Lipinski definition) is 0. The standard InChI is InChI=1S/C13H16F3N5O/c1-9-6-11(13(14,15)16)18-21(9)8-12(22)19(2)7-10-4-5-17-20(10)3/h4-6H,7-8H2,1-3H3. The first-order valence-electron chi connectivity index (χ1n) is 6.51. The second kappa shape index (κ2) is 5.82. The molecule has 1 amide bonds. The van der Waals surface area contributed by atoms with Crippen LogP contribution in [0.2, 0.25) is 0 Å². The summed E-state index contributed by atoms with van der Waals surface area (Å²) < 4.78 is 40.5. The number of aryl methyl sites for hydroxylation is 2. The molecule has 0 aliphatic rings. The lowest BCUT2D eigenvalue weighted by Gasteiger charge is -2.17. The topological polar surface area (TPSA) is 56.0 Å². The molecule has 0 saturated carbocycles. The van der Waals surface area contributed by atoms with Crippen LogP contribution in [0.4, 0.5) is 13.2 Å². The van der Waals surface area contributed by atoms with Crippen LogP contribution in [-0.2, 0) is 31.1 Å². The third-order valence-electron chi connectivity index (χ3n) is 3.30. The highest BCUT2D eigenvalue weighted by molar-refractivity contribution is 5.75. The van der Waals surface area contributed by atoms with E-state index in [2.05, 4.69) is 10.2 Å². The van der Waals surface area contributed by atoms with Crippen molar-refractivity contribution < 1.29 is 18.0 Å². The van der Waals surface area contributed by atoms with Crippen molar-refractivity contribution in [2.75, 3.05) is 7.05 Å². The Bertz CT molecular complexity index is 674. The maximum atomic E-state index is 12.6. The Morgan fingerprint density at radius 3 is 2.59 bits per heavy atom. The molecule has 0 saturated heterocycles. The van der Waals surface area contributed by atoms with Crippen LogP contribution in [0.3, 0.4) is 0 Å². The van der Waals surface area contributed by atoms with Crippen LogP contribution in [-0.4, -0.2) is 37.4 Å². The SMILES string of the molecule is Cc1cc(C(F)(F)F)nn1CC(=O)N(C)Cc1ccnn1C. The van der Waals surface area contributed by atoms with Gasteiger partial charge in [-0.15, -0.1) is 0 Å². The Labute approximate surface area is 125 Å². The first kappa shape index (κ1) is 16.1. The molecule has 2 rings (SSSR count). The van der Waals surface area contributed by atoms with Crippen molar-refractivity contribution in [1.29, 1.82) is 0 Å². The normalized spacial score (nSPS) is 11.7. The summed E-state index contributed by atoms with van der Waals surface area (Å²) in [6.45, 7) is 1.56. The zero-order valence-electron chi connectivity index (χ0n) is 12.4. The van der Waals surface area contributed by atoms with Crippen LogP contribution in [0.1, 0.15) is 17.1 Å². The van der Waals surface area contributed by atoms with Gasteiger partial charge in [0.1, 0.15) is 6.54 Å². The van der Waals surface area contributed by atoms with Crippen LogP contribution < -0.4 is 0 Å².